The molecule has 0 aliphatic rings. The fourth-order valence-electron chi connectivity index (χ4n) is 1.98. The summed E-state index contributed by atoms with van der Waals surface area (Å²) in [5.41, 5.74) is 3.87. The Morgan fingerprint density at radius 3 is 2.83 bits per heavy atom. The minimum absolute atomic E-state index is 0.170. The van der Waals surface area contributed by atoms with Gasteiger partial charge in [-0.1, -0.05) is 6.92 Å². The number of halogens is 1. The van der Waals surface area contributed by atoms with Crippen LogP contribution in [0.5, 0.6) is 0 Å². The van der Waals surface area contributed by atoms with Crippen molar-refractivity contribution in [1.82, 2.24) is 9.78 Å². The molecule has 0 amide bonds. The Balaban J connectivity index is 2.08. The molecule has 0 saturated heterocycles. The third-order valence-electron chi connectivity index (χ3n) is 2.97. The SMILES string of the molecule is CCc1nn(C)cc1CNc1ccc(F)c(C)c1. The van der Waals surface area contributed by atoms with E-state index in [9.17, 15) is 4.39 Å². The summed E-state index contributed by atoms with van der Waals surface area (Å²) < 4.78 is 15.0. The maximum Gasteiger partial charge on any atom is 0.126 e. The van der Waals surface area contributed by atoms with Crippen LogP contribution in [0.25, 0.3) is 0 Å². The molecule has 1 aromatic heterocycles. The van der Waals surface area contributed by atoms with Crippen molar-refractivity contribution >= 4 is 5.69 Å². The third-order valence-corrected chi connectivity index (χ3v) is 2.97. The van der Waals surface area contributed by atoms with Gasteiger partial charge in [-0.05, 0) is 37.1 Å². The molecule has 4 heteroatoms. The lowest BCUT2D eigenvalue weighted by atomic mass is 10.2. The summed E-state index contributed by atoms with van der Waals surface area (Å²) in [5, 5.41) is 7.69. The Bertz CT molecular complexity index is 546. The molecule has 0 atom stereocenters. The molecular weight excluding hydrogens is 229 g/mol. The van der Waals surface area contributed by atoms with Crippen molar-refractivity contribution in [2.24, 2.45) is 7.05 Å². The lowest BCUT2D eigenvalue weighted by Crippen LogP contribution is -2.01. The Hall–Kier alpha value is -1.84. The normalized spacial score (nSPS) is 10.7. The fourth-order valence-corrected chi connectivity index (χ4v) is 1.98. The van der Waals surface area contributed by atoms with Crippen LogP contribution in [0, 0.1) is 12.7 Å². The van der Waals surface area contributed by atoms with Gasteiger partial charge >= 0.3 is 0 Å². The van der Waals surface area contributed by atoms with Crippen LogP contribution in [0.1, 0.15) is 23.7 Å². The second kappa shape index (κ2) is 5.21. The average molecular weight is 247 g/mol. The molecule has 0 spiro atoms. The van der Waals surface area contributed by atoms with E-state index in [1.807, 2.05) is 24.0 Å². The molecule has 1 N–H and O–H groups in total. The third kappa shape index (κ3) is 2.70. The van der Waals surface area contributed by atoms with Crippen molar-refractivity contribution in [3.8, 4) is 0 Å². The summed E-state index contributed by atoms with van der Waals surface area (Å²) >= 11 is 0. The highest BCUT2D eigenvalue weighted by Crippen LogP contribution is 2.15. The molecule has 3 nitrogen and oxygen atoms in total. The van der Waals surface area contributed by atoms with Gasteiger partial charge in [0.2, 0.25) is 0 Å². The monoisotopic (exact) mass is 247 g/mol. The lowest BCUT2D eigenvalue weighted by Gasteiger charge is -2.07. The summed E-state index contributed by atoms with van der Waals surface area (Å²) in [6, 6.07) is 5.06. The number of nitrogens with one attached hydrogen (secondary N) is 1. The number of anilines is 1. The standard InChI is InChI=1S/C14H18FN3/c1-4-14-11(9-18(3)17-14)8-16-12-5-6-13(15)10(2)7-12/h5-7,9,16H,4,8H2,1-3H3. The highest BCUT2D eigenvalue weighted by molar-refractivity contribution is 5.46. The number of aromatic nitrogens is 2. The van der Waals surface area contributed by atoms with Crippen molar-refractivity contribution in [2.75, 3.05) is 5.32 Å². The van der Waals surface area contributed by atoms with Crippen molar-refractivity contribution in [2.45, 2.75) is 26.8 Å². The molecule has 1 aromatic carbocycles. The first-order valence-corrected chi connectivity index (χ1v) is 6.11. The number of nitrogens with zero attached hydrogens (tertiary/aromatic N) is 2. The molecule has 18 heavy (non-hydrogen) atoms. The Kier molecular flexibility index (Phi) is 3.65. The Morgan fingerprint density at radius 1 is 1.39 bits per heavy atom. The van der Waals surface area contributed by atoms with Gasteiger partial charge in [0.25, 0.3) is 0 Å². The second-order valence-electron chi connectivity index (χ2n) is 4.45. The Labute approximate surface area is 107 Å². The molecule has 0 unspecified atom stereocenters. The average Bonchev–Trinajstić information content (AvgIpc) is 2.71. The summed E-state index contributed by atoms with van der Waals surface area (Å²) in [7, 11) is 1.92. The molecule has 0 bridgehead atoms. The van der Waals surface area contributed by atoms with E-state index >= 15 is 0 Å². The molecule has 0 aliphatic heterocycles. The van der Waals surface area contributed by atoms with Gasteiger partial charge < -0.3 is 5.32 Å². The van der Waals surface area contributed by atoms with Gasteiger partial charge in [0, 0.05) is 31.0 Å². The maximum absolute atomic E-state index is 13.1. The fraction of sp³-hybridized carbons (Fsp3) is 0.357. The van der Waals surface area contributed by atoms with Crippen molar-refractivity contribution in [1.29, 1.82) is 0 Å². The summed E-state index contributed by atoms with van der Waals surface area (Å²) in [5.74, 6) is -0.170. The van der Waals surface area contributed by atoms with Gasteiger partial charge in [0.05, 0.1) is 5.69 Å². The molecule has 0 radical (unpaired) electrons. The molecule has 0 fully saturated rings. The van der Waals surface area contributed by atoms with Crippen LogP contribution < -0.4 is 5.32 Å². The van der Waals surface area contributed by atoms with Crippen molar-refractivity contribution in [3.05, 3.63) is 47.0 Å². The zero-order chi connectivity index (χ0) is 13.1. The van der Waals surface area contributed by atoms with Crippen LogP contribution in [0.2, 0.25) is 0 Å². The second-order valence-corrected chi connectivity index (χ2v) is 4.45. The zero-order valence-corrected chi connectivity index (χ0v) is 11.0. The van der Waals surface area contributed by atoms with Crippen LogP contribution in [-0.2, 0) is 20.0 Å². The first-order valence-electron chi connectivity index (χ1n) is 6.11. The van der Waals surface area contributed by atoms with Crippen LogP contribution >= 0.6 is 0 Å². The van der Waals surface area contributed by atoms with Crippen molar-refractivity contribution in [3.63, 3.8) is 0 Å². The molecular formula is C14H18FN3. The van der Waals surface area contributed by atoms with E-state index in [0.29, 0.717) is 12.1 Å². The van der Waals surface area contributed by atoms with E-state index in [1.165, 1.54) is 11.6 Å². The van der Waals surface area contributed by atoms with Gasteiger partial charge in [0.1, 0.15) is 5.82 Å². The zero-order valence-electron chi connectivity index (χ0n) is 11.0. The molecule has 0 aliphatic carbocycles. The highest BCUT2D eigenvalue weighted by Gasteiger charge is 2.05. The van der Waals surface area contributed by atoms with E-state index < -0.39 is 0 Å². The predicted molar refractivity (Wildman–Crippen MR) is 71.0 cm³/mol. The molecule has 1 heterocycles. The smallest absolute Gasteiger partial charge is 0.126 e. The summed E-state index contributed by atoms with van der Waals surface area (Å²) in [6.07, 6.45) is 2.93. The maximum atomic E-state index is 13.1. The minimum Gasteiger partial charge on any atom is -0.381 e. The first kappa shape index (κ1) is 12.6. The molecule has 2 aromatic rings. The number of hydrogen-bond donors (Lipinski definition) is 1. The van der Waals surface area contributed by atoms with E-state index in [0.717, 1.165) is 17.8 Å². The van der Waals surface area contributed by atoms with Gasteiger partial charge in [0.15, 0.2) is 0 Å². The molecule has 2 rings (SSSR count). The van der Waals surface area contributed by atoms with Gasteiger partial charge in [-0.15, -0.1) is 0 Å². The van der Waals surface area contributed by atoms with Crippen LogP contribution in [0.4, 0.5) is 10.1 Å². The molecule has 0 saturated carbocycles. The highest BCUT2D eigenvalue weighted by atomic mass is 19.1. The van der Waals surface area contributed by atoms with Crippen LogP contribution in [0.3, 0.4) is 0 Å². The van der Waals surface area contributed by atoms with E-state index in [-0.39, 0.29) is 5.82 Å². The van der Waals surface area contributed by atoms with Crippen LogP contribution in [-0.4, -0.2) is 9.78 Å². The Morgan fingerprint density at radius 2 is 2.17 bits per heavy atom. The largest absolute Gasteiger partial charge is 0.381 e. The lowest BCUT2D eigenvalue weighted by molar-refractivity contribution is 0.618. The minimum atomic E-state index is -0.170. The number of hydrogen-bond acceptors (Lipinski definition) is 2. The van der Waals surface area contributed by atoms with E-state index in [2.05, 4.69) is 17.3 Å². The topological polar surface area (TPSA) is 29.9 Å². The van der Waals surface area contributed by atoms with Gasteiger partial charge in [-0.25, -0.2) is 4.39 Å². The first-order chi connectivity index (χ1) is 8.60. The predicted octanol–water partition coefficient (Wildman–Crippen LogP) is 3.04. The summed E-state index contributed by atoms with van der Waals surface area (Å²) in [4.78, 5) is 0. The number of aryl methyl sites for hydroxylation is 3. The summed E-state index contributed by atoms with van der Waals surface area (Å²) in [6.45, 7) is 4.57. The van der Waals surface area contributed by atoms with Crippen LogP contribution in [0.15, 0.2) is 24.4 Å². The van der Waals surface area contributed by atoms with E-state index in [1.54, 1.807) is 13.0 Å². The quantitative estimate of drug-likeness (QED) is 0.900. The van der Waals surface area contributed by atoms with Crippen molar-refractivity contribution < 1.29 is 4.39 Å². The number of rotatable bonds is 4. The molecule has 96 valence electrons. The number of benzene rings is 1. The van der Waals surface area contributed by atoms with Gasteiger partial charge in [-0.2, -0.15) is 5.10 Å². The van der Waals surface area contributed by atoms with Gasteiger partial charge in [-0.3, -0.25) is 4.68 Å². The van der Waals surface area contributed by atoms with E-state index in [4.69, 9.17) is 0 Å².